The van der Waals surface area contributed by atoms with E-state index in [0.717, 1.165) is 28.6 Å². The van der Waals surface area contributed by atoms with E-state index in [1.54, 1.807) is 0 Å². The average molecular weight is 319 g/mol. The first-order chi connectivity index (χ1) is 9.01. The highest BCUT2D eigenvalue weighted by atomic mass is 79.9. The first-order valence-corrected chi connectivity index (χ1v) is 7.29. The molecule has 2 N–H and O–H groups in total. The van der Waals surface area contributed by atoms with Gasteiger partial charge in [-0.1, -0.05) is 41.1 Å². The summed E-state index contributed by atoms with van der Waals surface area (Å²) >= 11 is 3.44. The number of rotatable bonds is 4. The lowest BCUT2D eigenvalue weighted by Crippen LogP contribution is -2.35. The predicted molar refractivity (Wildman–Crippen MR) is 83.0 cm³/mol. The Hall–Kier alpha value is -1.19. The molecule has 2 rings (SSSR count). The van der Waals surface area contributed by atoms with Crippen LogP contribution in [0.1, 0.15) is 30.7 Å². The van der Waals surface area contributed by atoms with Gasteiger partial charge < -0.3 is 5.73 Å². The molecule has 0 saturated heterocycles. The van der Waals surface area contributed by atoms with Crippen molar-refractivity contribution >= 4 is 15.9 Å². The Kier molecular flexibility index (Phi) is 4.38. The standard InChI is InChI=1S/C16H19BrN2/c1-3-12-4-9-15(19-11-12)10-16(2,18)13-5-7-14(17)8-6-13/h4-9,11H,3,10,18H2,1-2H3. The lowest BCUT2D eigenvalue weighted by Gasteiger charge is -2.25. The van der Waals surface area contributed by atoms with Gasteiger partial charge in [-0.2, -0.15) is 0 Å². The van der Waals surface area contributed by atoms with Crippen molar-refractivity contribution in [3.8, 4) is 0 Å². The number of nitrogens with two attached hydrogens (primary N) is 1. The van der Waals surface area contributed by atoms with Crippen LogP contribution in [0.15, 0.2) is 47.1 Å². The minimum Gasteiger partial charge on any atom is -0.321 e. The van der Waals surface area contributed by atoms with Crippen molar-refractivity contribution in [2.45, 2.75) is 32.2 Å². The van der Waals surface area contributed by atoms with Gasteiger partial charge in [-0.25, -0.2) is 0 Å². The van der Waals surface area contributed by atoms with Gasteiger partial charge in [0.25, 0.3) is 0 Å². The van der Waals surface area contributed by atoms with E-state index in [1.165, 1.54) is 5.56 Å². The molecule has 1 atom stereocenters. The van der Waals surface area contributed by atoms with Crippen LogP contribution in [0.5, 0.6) is 0 Å². The van der Waals surface area contributed by atoms with Crippen molar-refractivity contribution in [2.75, 3.05) is 0 Å². The Bertz CT molecular complexity index is 530. The van der Waals surface area contributed by atoms with Crippen LogP contribution in [-0.4, -0.2) is 4.98 Å². The maximum atomic E-state index is 6.44. The van der Waals surface area contributed by atoms with Gasteiger partial charge in [-0.15, -0.1) is 0 Å². The van der Waals surface area contributed by atoms with E-state index < -0.39 is 5.54 Å². The summed E-state index contributed by atoms with van der Waals surface area (Å²) in [5.41, 5.74) is 9.44. The van der Waals surface area contributed by atoms with Gasteiger partial charge in [0, 0.05) is 28.3 Å². The number of nitrogens with zero attached hydrogens (tertiary/aromatic N) is 1. The van der Waals surface area contributed by atoms with Crippen molar-refractivity contribution in [3.05, 3.63) is 63.9 Å². The van der Waals surface area contributed by atoms with E-state index in [-0.39, 0.29) is 0 Å². The monoisotopic (exact) mass is 318 g/mol. The summed E-state index contributed by atoms with van der Waals surface area (Å²) in [4.78, 5) is 4.49. The molecule has 1 heterocycles. The van der Waals surface area contributed by atoms with E-state index in [0.29, 0.717) is 0 Å². The minimum atomic E-state index is -0.401. The van der Waals surface area contributed by atoms with Crippen molar-refractivity contribution in [3.63, 3.8) is 0 Å². The molecule has 0 aliphatic heterocycles. The summed E-state index contributed by atoms with van der Waals surface area (Å²) in [7, 11) is 0. The lowest BCUT2D eigenvalue weighted by molar-refractivity contribution is 0.485. The molecule has 0 aliphatic rings. The number of halogens is 1. The number of benzene rings is 1. The number of aryl methyl sites for hydroxylation is 1. The Morgan fingerprint density at radius 2 is 1.84 bits per heavy atom. The number of aromatic nitrogens is 1. The van der Waals surface area contributed by atoms with Crippen LogP contribution in [0.4, 0.5) is 0 Å². The topological polar surface area (TPSA) is 38.9 Å². The van der Waals surface area contributed by atoms with Crippen LogP contribution in [0, 0.1) is 0 Å². The first kappa shape index (κ1) is 14.2. The summed E-state index contributed by atoms with van der Waals surface area (Å²) in [6.45, 7) is 4.18. The highest BCUT2D eigenvalue weighted by Crippen LogP contribution is 2.23. The normalized spacial score (nSPS) is 14.1. The van der Waals surface area contributed by atoms with E-state index >= 15 is 0 Å². The van der Waals surface area contributed by atoms with Gasteiger partial charge in [0.15, 0.2) is 0 Å². The molecule has 0 fully saturated rings. The lowest BCUT2D eigenvalue weighted by atomic mass is 9.88. The van der Waals surface area contributed by atoms with Gasteiger partial charge >= 0.3 is 0 Å². The van der Waals surface area contributed by atoms with Crippen molar-refractivity contribution < 1.29 is 0 Å². The number of hydrogen-bond acceptors (Lipinski definition) is 2. The number of hydrogen-bond donors (Lipinski definition) is 1. The molecule has 100 valence electrons. The molecule has 0 bridgehead atoms. The summed E-state index contributed by atoms with van der Waals surface area (Å²) in [6, 6.07) is 12.4. The fourth-order valence-corrected chi connectivity index (χ4v) is 2.34. The zero-order valence-corrected chi connectivity index (χ0v) is 12.9. The summed E-state index contributed by atoms with van der Waals surface area (Å²) in [5, 5.41) is 0. The zero-order chi connectivity index (χ0) is 13.9. The molecule has 0 radical (unpaired) electrons. The Morgan fingerprint density at radius 1 is 1.16 bits per heavy atom. The van der Waals surface area contributed by atoms with Crippen molar-refractivity contribution in [2.24, 2.45) is 5.73 Å². The quantitative estimate of drug-likeness (QED) is 0.930. The molecule has 3 heteroatoms. The highest BCUT2D eigenvalue weighted by Gasteiger charge is 2.22. The van der Waals surface area contributed by atoms with Gasteiger partial charge in [-0.3, -0.25) is 4.98 Å². The molecule has 19 heavy (non-hydrogen) atoms. The molecule has 1 aromatic heterocycles. The summed E-state index contributed by atoms with van der Waals surface area (Å²) < 4.78 is 1.07. The average Bonchev–Trinajstić information content (AvgIpc) is 2.40. The third-order valence-corrected chi connectivity index (χ3v) is 3.87. The zero-order valence-electron chi connectivity index (χ0n) is 11.4. The van der Waals surface area contributed by atoms with Crippen LogP contribution < -0.4 is 5.73 Å². The van der Waals surface area contributed by atoms with Gasteiger partial charge in [-0.05, 0) is 42.7 Å². The van der Waals surface area contributed by atoms with Gasteiger partial charge in [0.05, 0.1) is 0 Å². The molecule has 0 spiro atoms. The Morgan fingerprint density at radius 3 is 2.37 bits per heavy atom. The van der Waals surface area contributed by atoms with E-state index in [1.807, 2.05) is 25.3 Å². The minimum absolute atomic E-state index is 0.401. The smallest absolute Gasteiger partial charge is 0.0437 e. The van der Waals surface area contributed by atoms with Crippen LogP contribution in [-0.2, 0) is 18.4 Å². The summed E-state index contributed by atoms with van der Waals surface area (Å²) in [6.07, 6.45) is 3.69. The van der Waals surface area contributed by atoms with E-state index in [4.69, 9.17) is 5.73 Å². The second-order valence-corrected chi connectivity index (χ2v) is 6.03. The van der Waals surface area contributed by atoms with Crippen LogP contribution in [0.25, 0.3) is 0 Å². The largest absolute Gasteiger partial charge is 0.321 e. The third kappa shape index (κ3) is 3.64. The predicted octanol–water partition coefficient (Wildman–Crippen LogP) is 3.82. The molecule has 0 saturated carbocycles. The van der Waals surface area contributed by atoms with Crippen LogP contribution in [0.3, 0.4) is 0 Å². The first-order valence-electron chi connectivity index (χ1n) is 6.50. The van der Waals surface area contributed by atoms with Gasteiger partial charge in [0.2, 0.25) is 0 Å². The van der Waals surface area contributed by atoms with E-state index in [9.17, 15) is 0 Å². The van der Waals surface area contributed by atoms with Crippen molar-refractivity contribution in [1.29, 1.82) is 0 Å². The maximum absolute atomic E-state index is 6.44. The van der Waals surface area contributed by atoms with Crippen LogP contribution in [0.2, 0.25) is 0 Å². The second-order valence-electron chi connectivity index (χ2n) is 5.11. The van der Waals surface area contributed by atoms with Crippen LogP contribution >= 0.6 is 15.9 Å². The molecular weight excluding hydrogens is 300 g/mol. The molecule has 1 unspecified atom stereocenters. The fraction of sp³-hybridized carbons (Fsp3) is 0.312. The molecule has 0 amide bonds. The van der Waals surface area contributed by atoms with Crippen molar-refractivity contribution in [1.82, 2.24) is 4.98 Å². The molecular formula is C16H19BrN2. The molecule has 1 aromatic carbocycles. The molecule has 2 nitrogen and oxygen atoms in total. The Balaban J connectivity index is 2.17. The second kappa shape index (κ2) is 5.85. The SMILES string of the molecule is CCc1ccc(CC(C)(N)c2ccc(Br)cc2)nc1. The fourth-order valence-electron chi connectivity index (χ4n) is 2.08. The number of pyridine rings is 1. The highest BCUT2D eigenvalue weighted by molar-refractivity contribution is 9.10. The maximum Gasteiger partial charge on any atom is 0.0437 e. The van der Waals surface area contributed by atoms with E-state index in [2.05, 4.69) is 52.1 Å². The Labute approximate surface area is 123 Å². The molecule has 2 aromatic rings. The molecule has 0 aliphatic carbocycles. The third-order valence-electron chi connectivity index (χ3n) is 3.35. The van der Waals surface area contributed by atoms with Gasteiger partial charge in [0.1, 0.15) is 0 Å². The summed E-state index contributed by atoms with van der Waals surface area (Å²) in [5.74, 6) is 0.